The minimum atomic E-state index is -3.87. The number of aromatic nitrogens is 1. The zero-order chi connectivity index (χ0) is 18.9. The van der Waals surface area contributed by atoms with Gasteiger partial charge in [-0.25, -0.2) is 12.8 Å². The van der Waals surface area contributed by atoms with Crippen molar-refractivity contribution >= 4 is 49.1 Å². The molecule has 0 atom stereocenters. The summed E-state index contributed by atoms with van der Waals surface area (Å²) in [6.45, 7) is 0. The van der Waals surface area contributed by atoms with E-state index >= 15 is 0 Å². The summed E-state index contributed by atoms with van der Waals surface area (Å²) in [5, 5.41) is 0. The third-order valence-electron chi connectivity index (χ3n) is 3.72. The van der Waals surface area contributed by atoms with E-state index in [2.05, 4.69) is 4.99 Å². The molecular formula is C17H15FN2O3S3. The lowest BCUT2D eigenvalue weighted by Crippen LogP contribution is -2.19. The molecule has 0 saturated heterocycles. The van der Waals surface area contributed by atoms with Gasteiger partial charge in [0.05, 0.1) is 15.1 Å². The number of hydrogen-bond donors (Lipinski definition) is 0. The summed E-state index contributed by atoms with van der Waals surface area (Å²) in [6, 6.07) is 10.3. The van der Waals surface area contributed by atoms with Crippen LogP contribution < -0.4 is 4.80 Å². The van der Waals surface area contributed by atoms with E-state index in [-0.39, 0.29) is 4.90 Å². The van der Waals surface area contributed by atoms with Gasteiger partial charge in [-0.1, -0.05) is 11.3 Å². The quantitative estimate of drug-likeness (QED) is 0.490. The van der Waals surface area contributed by atoms with Crippen LogP contribution in [0.3, 0.4) is 0 Å². The van der Waals surface area contributed by atoms with Crippen molar-refractivity contribution in [3.05, 3.63) is 53.1 Å². The number of rotatable bonds is 4. The molecule has 0 radical (unpaired) electrons. The van der Waals surface area contributed by atoms with Gasteiger partial charge in [0.2, 0.25) is 0 Å². The first-order chi connectivity index (χ1) is 12.3. The SMILES string of the molecule is CSc1ccc2c(c1)sc(=NC(=O)CS(=O)(=O)c1ccc(F)cc1)n2C. The summed E-state index contributed by atoms with van der Waals surface area (Å²) >= 11 is 2.94. The number of aryl methyl sites for hydroxylation is 1. The molecule has 0 aliphatic carbocycles. The topological polar surface area (TPSA) is 68.5 Å². The zero-order valence-electron chi connectivity index (χ0n) is 14.0. The fourth-order valence-corrected chi connectivity index (χ4v) is 5.07. The monoisotopic (exact) mass is 410 g/mol. The van der Waals surface area contributed by atoms with Crippen molar-refractivity contribution in [2.45, 2.75) is 9.79 Å². The Morgan fingerprint density at radius 2 is 1.92 bits per heavy atom. The summed E-state index contributed by atoms with van der Waals surface area (Å²) < 4.78 is 40.2. The lowest BCUT2D eigenvalue weighted by Gasteiger charge is -2.01. The Bertz CT molecular complexity index is 1150. The highest BCUT2D eigenvalue weighted by Gasteiger charge is 2.19. The van der Waals surface area contributed by atoms with Gasteiger partial charge in [-0.15, -0.1) is 11.8 Å². The van der Waals surface area contributed by atoms with Crippen molar-refractivity contribution in [1.29, 1.82) is 0 Å². The lowest BCUT2D eigenvalue weighted by atomic mass is 10.3. The minimum Gasteiger partial charge on any atom is -0.319 e. The number of thiazole rings is 1. The molecule has 0 aliphatic rings. The van der Waals surface area contributed by atoms with E-state index in [1.54, 1.807) is 23.4 Å². The molecule has 136 valence electrons. The highest BCUT2D eigenvalue weighted by Crippen LogP contribution is 2.23. The molecule has 1 amide bonds. The molecular weight excluding hydrogens is 395 g/mol. The van der Waals surface area contributed by atoms with Crippen LogP contribution >= 0.6 is 23.1 Å². The molecule has 3 aromatic rings. The number of carbonyl (C=O) groups excluding carboxylic acids is 1. The fourth-order valence-electron chi connectivity index (χ4n) is 2.37. The second-order valence-corrected chi connectivity index (χ2v) is 9.37. The maximum Gasteiger partial charge on any atom is 0.263 e. The largest absolute Gasteiger partial charge is 0.319 e. The first kappa shape index (κ1) is 18.8. The molecule has 0 spiro atoms. The number of sulfone groups is 1. The van der Waals surface area contributed by atoms with Gasteiger partial charge in [0.15, 0.2) is 14.6 Å². The van der Waals surface area contributed by atoms with E-state index in [1.165, 1.54) is 11.3 Å². The lowest BCUT2D eigenvalue weighted by molar-refractivity contribution is -0.115. The summed E-state index contributed by atoms with van der Waals surface area (Å²) in [5.41, 5.74) is 0.917. The van der Waals surface area contributed by atoms with Crippen LogP contribution in [0.2, 0.25) is 0 Å². The van der Waals surface area contributed by atoms with Crippen molar-refractivity contribution in [1.82, 2.24) is 4.57 Å². The van der Waals surface area contributed by atoms with Gasteiger partial charge in [0, 0.05) is 11.9 Å². The number of nitrogens with zero attached hydrogens (tertiary/aromatic N) is 2. The number of hydrogen-bond acceptors (Lipinski definition) is 5. The van der Waals surface area contributed by atoms with E-state index in [1.807, 2.05) is 24.5 Å². The molecule has 3 rings (SSSR count). The maximum absolute atomic E-state index is 12.9. The van der Waals surface area contributed by atoms with E-state index in [4.69, 9.17) is 0 Å². The van der Waals surface area contributed by atoms with Gasteiger partial charge >= 0.3 is 0 Å². The summed E-state index contributed by atoms with van der Waals surface area (Å²) in [6.07, 6.45) is 1.98. The van der Waals surface area contributed by atoms with Crippen LogP contribution in [-0.2, 0) is 21.7 Å². The smallest absolute Gasteiger partial charge is 0.263 e. The molecule has 1 heterocycles. The zero-order valence-corrected chi connectivity index (χ0v) is 16.4. The Labute approximate surface area is 158 Å². The molecule has 0 saturated carbocycles. The predicted octanol–water partition coefficient (Wildman–Crippen LogP) is 3.00. The van der Waals surface area contributed by atoms with Crippen LogP contribution in [0.25, 0.3) is 10.2 Å². The third kappa shape index (κ3) is 3.89. The Hall–Kier alpha value is -1.97. The van der Waals surface area contributed by atoms with Gasteiger partial charge in [0.25, 0.3) is 5.91 Å². The molecule has 0 bridgehead atoms. The van der Waals surface area contributed by atoms with Crippen molar-refractivity contribution in [2.75, 3.05) is 12.0 Å². The van der Waals surface area contributed by atoms with Crippen LogP contribution in [0, 0.1) is 5.82 Å². The number of fused-ring (bicyclic) bond motifs is 1. The Morgan fingerprint density at radius 1 is 1.23 bits per heavy atom. The Balaban J connectivity index is 1.92. The molecule has 0 N–H and O–H groups in total. The molecule has 26 heavy (non-hydrogen) atoms. The molecule has 0 aliphatic heterocycles. The normalized spacial score (nSPS) is 12.7. The molecule has 1 aromatic heterocycles. The van der Waals surface area contributed by atoms with Crippen molar-refractivity contribution in [3.63, 3.8) is 0 Å². The van der Waals surface area contributed by atoms with Crippen LogP contribution in [0.4, 0.5) is 4.39 Å². The fraction of sp³-hybridized carbons (Fsp3) is 0.176. The van der Waals surface area contributed by atoms with Gasteiger partial charge in [-0.2, -0.15) is 4.99 Å². The number of carbonyl (C=O) groups is 1. The van der Waals surface area contributed by atoms with Crippen LogP contribution in [0.1, 0.15) is 0 Å². The highest BCUT2D eigenvalue weighted by molar-refractivity contribution is 7.98. The van der Waals surface area contributed by atoms with E-state index in [9.17, 15) is 17.6 Å². The first-order valence-corrected chi connectivity index (χ1v) is 11.2. The molecule has 5 nitrogen and oxygen atoms in total. The van der Waals surface area contributed by atoms with E-state index in [0.29, 0.717) is 4.80 Å². The molecule has 0 unspecified atom stereocenters. The van der Waals surface area contributed by atoms with Gasteiger partial charge in [-0.3, -0.25) is 4.79 Å². The second-order valence-electron chi connectivity index (χ2n) is 5.50. The first-order valence-electron chi connectivity index (χ1n) is 7.49. The number of amides is 1. The minimum absolute atomic E-state index is 0.104. The maximum atomic E-state index is 12.9. The standard InChI is InChI=1S/C17H15FN2O3S3/c1-20-14-8-5-12(24-2)9-15(14)25-17(20)19-16(21)10-26(22,23)13-6-3-11(18)4-7-13/h3-9H,10H2,1-2H3. The van der Waals surface area contributed by atoms with E-state index < -0.39 is 27.3 Å². The van der Waals surface area contributed by atoms with E-state index in [0.717, 1.165) is 39.4 Å². The average molecular weight is 411 g/mol. The third-order valence-corrected chi connectivity index (χ3v) is 7.16. The number of benzene rings is 2. The second kappa shape index (κ2) is 7.34. The van der Waals surface area contributed by atoms with Crippen molar-refractivity contribution < 1.29 is 17.6 Å². The van der Waals surface area contributed by atoms with Gasteiger partial charge < -0.3 is 4.57 Å². The summed E-state index contributed by atoms with van der Waals surface area (Å²) in [5.74, 6) is -2.06. The Morgan fingerprint density at radius 3 is 2.58 bits per heavy atom. The van der Waals surface area contributed by atoms with Crippen molar-refractivity contribution in [3.8, 4) is 0 Å². The highest BCUT2D eigenvalue weighted by atomic mass is 32.2. The summed E-state index contributed by atoms with van der Waals surface area (Å²) in [7, 11) is -2.09. The van der Waals surface area contributed by atoms with Crippen LogP contribution in [0.15, 0.2) is 57.2 Å². The molecule has 2 aromatic carbocycles. The number of halogens is 1. The number of thioether (sulfide) groups is 1. The van der Waals surface area contributed by atoms with Gasteiger partial charge in [0.1, 0.15) is 11.6 Å². The van der Waals surface area contributed by atoms with Gasteiger partial charge in [-0.05, 0) is 48.7 Å². The molecule has 9 heteroatoms. The van der Waals surface area contributed by atoms with Crippen molar-refractivity contribution in [2.24, 2.45) is 12.0 Å². The predicted molar refractivity (Wildman–Crippen MR) is 102 cm³/mol. The molecule has 0 fully saturated rings. The van der Waals surface area contributed by atoms with Crippen LogP contribution in [0.5, 0.6) is 0 Å². The average Bonchev–Trinajstić information content (AvgIpc) is 2.89. The Kier molecular flexibility index (Phi) is 5.31. The van der Waals surface area contributed by atoms with Crippen LogP contribution in [-0.4, -0.2) is 30.9 Å². The summed E-state index contributed by atoms with van der Waals surface area (Å²) in [4.78, 5) is 17.6.